The number of aromatic nitrogens is 3. The average Bonchev–Trinajstić information content (AvgIpc) is 2.79. The zero-order valence-corrected chi connectivity index (χ0v) is 12.5. The van der Waals surface area contributed by atoms with Crippen LogP contribution in [0.2, 0.25) is 0 Å². The topological polar surface area (TPSA) is 50.9 Å². The van der Waals surface area contributed by atoms with Gasteiger partial charge in [0.2, 0.25) is 0 Å². The number of rotatable bonds is 2. The number of pyridine rings is 1. The Balaban J connectivity index is 2.11. The summed E-state index contributed by atoms with van der Waals surface area (Å²) in [5.74, 6) is 1.29. The van der Waals surface area contributed by atoms with Crippen LogP contribution < -0.4 is 0 Å². The molecular weight excluding hydrogens is 262 g/mol. The Morgan fingerprint density at radius 2 is 1.81 bits per heavy atom. The highest BCUT2D eigenvalue weighted by Crippen LogP contribution is 2.26. The van der Waals surface area contributed by atoms with Crippen LogP contribution in [-0.2, 0) is 12.0 Å². The Labute approximate surface area is 124 Å². The van der Waals surface area contributed by atoms with Gasteiger partial charge < -0.3 is 9.67 Å². The highest BCUT2D eigenvalue weighted by molar-refractivity contribution is 5.75. The summed E-state index contributed by atoms with van der Waals surface area (Å²) >= 11 is 0. The molecule has 0 unspecified atom stereocenters. The molecule has 0 saturated heterocycles. The largest absolute Gasteiger partial charge is 0.508 e. The standard InChI is InChI=1S/C17H19N3O/c1-17(2,3)20-15-8-9-18-11-14(15)19-16(20)10-12-4-6-13(21)7-5-12/h4-9,11,21H,10H2,1-3H3. The molecule has 4 heteroatoms. The summed E-state index contributed by atoms with van der Waals surface area (Å²) in [6, 6.07) is 9.29. The lowest BCUT2D eigenvalue weighted by Crippen LogP contribution is -2.24. The van der Waals surface area contributed by atoms with Crippen molar-refractivity contribution in [2.75, 3.05) is 0 Å². The van der Waals surface area contributed by atoms with Crippen LogP contribution in [-0.4, -0.2) is 19.6 Å². The molecule has 4 nitrogen and oxygen atoms in total. The van der Waals surface area contributed by atoms with Crippen LogP contribution >= 0.6 is 0 Å². The molecule has 0 bridgehead atoms. The minimum Gasteiger partial charge on any atom is -0.508 e. The molecule has 2 heterocycles. The first-order chi connectivity index (χ1) is 9.95. The van der Waals surface area contributed by atoms with Gasteiger partial charge in [0.25, 0.3) is 0 Å². The van der Waals surface area contributed by atoms with E-state index >= 15 is 0 Å². The molecule has 3 aromatic rings. The van der Waals surface area contributed by atoms with E-state index in [0.29, 0.717) is 0 Å². The lowest BCUT2D eigenvalue weighted by atomic mass is 10.1. The highest BCUT2D eigenvalue weighted by Gasteiger charge is 2.21. The fraction of sp³-hybridized carbons (Fsp3) is 0.294. The Kier molecular flexibility index (Phi) is 3.16. The van der Waals surface area contributed by atoms with E-state index < -0.39 is 0 Å². The van der Waals surface area contributed by atoms with Crippen molar-refractivity contribution in [3.63, 3.8) is 0 Å². The van der Waals surface area contributed by atoms with E-state index in [2.05, 4.69) is 30.3 Å². The maximum Gasteiger partial charge on any atom is 0.115 e. The Bertz CT molecular complexity index is 767. The quantitative estimate of drug-likeness (QED) is 0.782. The molecule has 2 aromatic heterocycles. The molecule has 0 radical (unpaired) electrons. The van der Waals surface area contributed by atoms with Crippen molar-refractivity contribution in [3.05, 3.63) is 54.1 Å². The van der Waals surface area contributed by atoms with E-state index in [1.165, 1.54) is 0 Å². The van der Waals surface area contributed by atoms with Gasteiger partial charge in [-0.1, -0.05) is 12.1 Å². The van der Waals surface area contributed by atoms with Gasteiger partial charge in [0, 0.05) is 18.2 Å². The van der Waals surface area contributed by atoms with E-state index in [1.54, 1.807) is 24.5 Å². The minimum absolute atomic E-state index is 0.0532. The molecule has 0 saturated carbocycles. The van der Waals surface area contributed by atoms with Crippen molar-refractivity contribution in [2.24, 2.45) is 0 Å². The molecule has 108 valence electrons. The summed E-state index contributed by atoms with van der Waals surface area (Å²) in [5.41, 5.74) is 3.09. The molecule has 0 amide bonds. The lowest BCUT2D eigenvalue weighted by molar-refractivity contribution is 0.396. The second-order valence-corrected chi connectivity index (χ2v) is 6.24. The molecule has 0 atom stereocenters. The summed E-state index contributed by atoms with van der Waals surface area (Å²) in [6.45, 7) is 6.53. The van der Waals surface area contributed by atoms with Crippen molar-refractivity contribution in [1.82, 2.24) is 14.5 Å². The molecule has 1 N–H and O–H groups in total. The van der Waals surface area contributed by atoms with Crippen LogP contribution in [0, 0.1) is 0 Å². The van der Waals surface area contributed by atoms with Crippen molar-refractivity contribution >= 4 is 11.0 Å². The molecule has 21 heavy (non-hydrogen) atoms. The number of hydrogen-bond acceptors (Lipinski definition) is 3. The monoisotopic (exact) mass is 281 g/mol. The summed E-state index contributed by atoms with van der Waals surface area (Å²) < 4.78 is 2.26. The molecule has 3 rings (SSSR count). The van der Waals surface area contributed by atoms with Crippen LogP contribution in [0.4, 0.5) is 0 Å². The number of hydrogen-bond donors (Lipinski definition) is 1. The second-order valence-electron chi connectivity index (χ2n) is 6.24. The predicted molar refractivity (Wildman–Crippen MR) is 83.4 cm³/mol. The molecule has 1 aromatic carbocycles. The number of nitrogens with zero attached hydrogens (tertiary/aromatic N) is 3. The van der Waals surface area contributed by atoms with E-state index in [-0.39, 0.29) is 11.3 Å². The number of phenolic OH excluding ortho intramolecular Hbond substituents is 1. The summed E-state index contributed by atoms with van der Waals surface area (Å²) in [7, 11) is 0. The van der Waals surface area contributed by atoms with Crippen LogP contribution in [0.5, 0.6) is 5.75 Å². The van der Waals surface area contributed by atoms with Crippen molar-refractivity contribution in [1.29, 1.82) is 0 Å². The Hall–Kier alpha value is -2.36. The first-order valence-electron chi connectivity index (χ1n) is 7.05. The molecule has 0 fully saturated rings. The Morgan fingerprint density at radius 1 is 1.10 bits per heavy atom. The number of imidazole rings is 1. The predicted octanol–water partition coefficient (Wildman–Crippen LogP) is 3.48. The third kappa shape index (κ3) is 2.61. The van der Waals surface area contributed by atoms with Crippen molar-refractivity contribution in [3.8, 4) is 5.75 Å². The second kappa shape index (κ2) is 4.88. The van der Waals surface area contributed by atoms with Gasteiger partial charge in [-0.05, 0) is 44.5 Å². The van der Waals surface area contributed by atoms with E-state index in [9.17, 15) is 5.11 Å². The van der Waals surface area contributed by atoms with Gasteiger partial charge in [0.15, 0.2) is 0 Å². The zero-order valence-electron chi connectivity index (χ0n) is 12.5. The number of benzene rings is 1. The number of aromatic hydroxyl groups is 1. The third-order valence-electron chi connectivity index (χ3n) is 3.50. The van der Waals surface area contributed by atoms with Gasteiger partial charge in [-0.3, -0.25) is 4.98 Å². The van der Waals surface area contributed by atoms with Crippen molar-refractivity contribution in [2.45, 2.75) is 32.7 Å². The third-order valence-corrected chi connectivity index (χ3v) is 3.50. The summed E-state index contributed by atoms with van der Waals surface area (Å²) in [5, 5.41) is 9.39. The summed E-state index contributed by atoms with van der Waals surface area (Å²) in [4.78, 5) is 8.89. The molecule has 0 aliphatic rings. The van der Waals surface area contributed by atoms with Crippen LogP contribution in [0.1, 0.15) is 32.2 Å². The van der Waals surface area contributed by atoms with Gasteiger partial charge in [-0.2, -0.15) is 0 Å². The lowest BCUT2D eigenvalue weighted by Gasteiger charge is -2.24. The van der Waals surface area contributed by atoms with E-state index in [4.69, 9.17) is 4.98 Å². The van der Waals surface area contributed by atoms with Crippen LogP contribution in [0.15, 0.2) is 42.7 Å². The smallest absolute Gasteiger partial charge is 0.115 e. The van der Waals surface area contributed by atoms with Gasteiger partial charge in [-0.15, -0.1) is 0 Å². The van der Waals surface area contributed by atoms with Gasteiger partial charge in [0.05, 0.1) is 11.7 Å². The van der Waals surface area contributed by atoms with Gasteiger partial charge in [0.1, 0.15) is 17.1 Å². The maximum atomic E-state index is 9.39. The van der Waals surface area contributed by atoms with Crippen LogP contribution in [0.3, 0.4) is 0 Å². The molecule has 0 spiro atoms. The normalized spacial score (nSPS) is 12.0. The summed E-state index contributed by atoms with van der Waals surface area (Å²) in [6.07, 6.45) is 4.33. The van der Waals surface area contributed by atoms with Crippen LogP contribution in [0.25, 0.3) is 11.0 Å². The average molecular weight is 281 g/mol. The number of phenols is 1. The minimum atomic E-state index is -0.0532. The van der Waals surface area contributed by atoms with Crippen molar-refractivity contribution < 1.29 is 5.11 Å². The van der Waals surface area contributed by atoms with Gasteiger partial charge in [-0.25, -0.2) is 4.98 Å². The van der Waals surface area contributed by atoms with E-state index in [0.717, 1.165) is 28.8 Å². The SMILES string of the molecule is CC(C)(C)n1c(Cc2ccc(O)cc2)nc2cnccc21. The zero-order chi connectivity index (χ0) is 15.0. The first kappa shape index (κ1) is 13.6. The molecule has 0 aliphatic carbocycles. The first-order valence-corrected chi connectivity index (χ1v) is 7.05. The number of fused-ring (bicyclic) bond motifs is 1. The highest BCUT2D eigenvalue weighted by atomic mass is 16.3. The Morgan fingerprint density at radius 3 is 2.48 bits per heavy atom. The van der Waals surface area contributed by atoms with Gasteiger partial charge >= 0.3 is 0 Å². The molecule has 0 aliphatic heterocycles. The van der Waals surface area contributed by atoms with E-state index in [1.807, 2.05) is 18.2 Å². The molecular formula is C17H19N3O. The maximum absolute atomic E-state index is 9.39. The fourth-order valence-corrected chi connectivity index (χ4v) is 2.65. The fourth-order valence-electron chi connectivity index (χ4n) is 2.65.